The molecule has 5 nitrogen and oxygen atoms in total. The van der Waals surface area contributed by atoms with Crippen LogP contribution in [0.4, 0.5) is 4.39 Å². The van der Waals surface area contributed by atoms with Crippen molar-refractivity contribution in [3.05, 3.63) is 35.6 Å². The third-order valence-electron chi connectivity index (χ3n) is 2.72. The summed E-state index contributed by atoms with van der Waals surface area (Å²) in [6.45, 7) is 0. The van der Waals surface area contributed by atoms with Gasteiger partial charge < -0.3 is 10.4 Å². The lowest BCUT2D eigenvalue weighted by atomic mass is 10.1. The minimum absolute atomic E-state index is 0.0771. The van der Waals surface area contributed by atoms with E-state index < -0.39 is 23.7 Å². The number of amides is 1. The third kappa shape index (κ3) is 5.06. The lowest BCUT2D eigenvalue weighted by Crippen LogP contribution is -2.40. The number of halogens is 1. The van der Waals surface area contributed by atoms with Crippen LogP contribution in [0.3, 0.4) is 0 Å². The number of aliphatic carboxylic acids is 1. The van der Waals surface area contributed by atoms with Crippen LogP contribution >= 0.6 is 0 Å². The Morgan fingerprint density at radius 2 is 2.15 bits per heavy atom. The Morgan fingerprint density at radius 3 is 2.75 bits per heavy atom. The maximum atomic E-state index is 13.0. The van der Waals surface area contributed by atoms with Crippen molar-refractivity contribution in [3.8, 4) is 6.07 Å². The number of carboxylic acids is 1. The smallest absolute Gasteiger partial charge is 0.326 e. The van der Waals surface area contributed by atoms with Gasteiger partial charge in [-0.3, -0.25) is 4.79 Å². The van der Waals surface area contributed by atoms with Gasteiger partial charge >= 0.3 is 5.97 Å². The third-order valence-corrected chi connectivity index (χ3v) is 2.72. The van der Waals surface area contributed by atoms with Crippen molar-refractivity contribution in [1.29, 1.82) is 5.26 Å². The van der Waals surface area contributed by atoms with Crippen molar-refractivity contribution in [2.24, 2.45) is 0 Å². The van der Waals surface area contributed by atoms with Crippen LogP contribution in [-0.2, 0) is 4.79 Å². The van der Waals surface area contributed by atoms with Crippen LogP contribution in [0.5, 0.6) is 0 Å². The lowest BCUT2D eigenvalue weighted by molar-refractivity contribution is -0.139. The van der Waals surface area contributed by atoms with Crippen molar-refractivity contribution in [2.45, 2.75) is 31.7 Å². The Kier molecular flexibility index (Phi) is 6.17. The van der Waals surface area contributed by atoms with E-state index in [1.807, 2.05) is 6.07 Å². The zero-order chi connectivity index (χ0) is 15.0. The number of carboxylic acid groups (broad SMARTS) is 1. The molecule has 1 aromatic carbocycles. The van der Waals surface area contributed by atoms with Gasteiger partial charge in [-0.1, -0.05) is 6.07 Å². The van der Waals surface area contributed by atoms with E-state index in [1.54, 1.807) is 0 Å². The van der Waals surface area contributed by atoms with Crippen molar-refractivity contribution in [3.63, 3.8) is 0 Å². The highest BCUT2D eigenvalue weighted by molar-refractivity contribution is 5.96. The van der Waals surface area contributed by atoms with E-state index in [-0.39, 0.29) is 12.0 Å². The molecule has 1 amide bonds. The van der Waals surface area contributed by atoms with Crippen LogP contribution in [0.1, 0.15) is 36.0 Å². The van der Waals surface area contributed by atoms with Gasteiger partial charge in [0.25, 0.3) is 5.91 Å². The second kappa shape index (κ2) is 7.89. The first kappa shape index (κ1) is 15.6. The van der Waals surface area contributed by atoms with Crippen LogP contribution in [0.25, 0.3) is 0 Å². The summed E-state index contributed by atoms with van der Waals surface area (Å²) in [7, 11) is 0. The molecule has 0 saturated heterocycles. The molecule has 0 radical (unpaired) electrons. The first-order valence-electron chi connectivity index (χ1n) is 6.20. The number of benzene rings is 1. The van der Waals surface area contributed by atoms with Gasteiger partial charge in [0.05, 0.1) is 6.07 Å². The number of nitriles is 1. The van der Waals surface area contributed by atoms with Crippen LogP contribution in [0.2, 0.25) is 0 Å². The molecule has 20 heavy (non-hydrogen) atoms. The van der Waals surface area contributed by atoms with E-state index in [2.05, 4.69) is 5.32 Å². The molecule has 0 aliphatic heterocycles. The molecule has 0 fully saturated rings. The maximum absolute atomic E-state index is 13.0. The molecule has 1 rings (SSSR count). The molecule has 0 aliphatic carbocycles. The standard InChI is InChI=1S/C14H15FN2O3/c15-11-6-4-5-10(9-11)13(18)17-12(14(19)20)7-2-1-3-8-16/h4-6,9,12H,1-3,7H2,(H,17,18)(H,19,20)/t12-/m1/s1. The number of nitrogens with one attached hydrogen (secondary N) is 1. The zero-order valence-corrected chi connectivity index (χ0v) is 10.8. The quantitative estimate of drug-likeness (QED) is 0.747. The van der Waals surface area contributed by atoms with Crippen LogP contribution < -0.4 is 5.32 Å². The topological polar surface area (TPSA) is 90.2 Å². The van der Waals surface area contributed by atoms with Crippen LogP contribution in [-0.4, -0.2) is 23.0 Å². The predicted octanol–water partition coefficient (Wildman–Crippen LogP) is 2.09. The van der Waals surface area contributed by atoms with E-state index in [9.17, 15) is 14.0 Å². The van der Waals surface area contributed by atoms with Gasteiger partial charge in [0.15, 0.2) is 0 Å². The molecule has 6 heteroatoms. The van der Waals surface area contributed by atoms with Gasteiger partial charge in [-0.2, -0.15) is 5.26 Å². The molecular weight excluding hydrogens is 263 g/mol. The maximum Gasteiger partial charge on any atom is 0.326 e. The molecule has 106 valence electrons. The summed E-state index contributed by atoms with van der Waals surface area (Å²) in [5.41, 5.74) is 0.0771. The summed E-state index contributed by atoms with van der Waals surface area (Å²) in [6.07, 6.45) is 1.69. The summed E-state index contributed by atoms with van der Waals surface area (Å²) >= 11 is 0. The fourth-order valence-electron chi connectivity index (χ4n) is 1.68. The van der Waals surface area contributed by atoms with Crippen molar-refractivity contribution in [1.82, 2.24) is 5.32 Å². The summed E-state index contributed by atoms with van der Waals surface area (Å²) in [5, 5.41) is 19.8. The number of carbonyl (C=O) groups excluding carboxylic acids is 1. The van der Waals surface area contributed by atoms with E-state index in [1.165, 1.54) is 18.2 Å². The molecule has 0 bridgehead atoms. The normalized spacial score (nSPS) is 11.4. The zero-order valence-electron chi connectivity index (χ0n) is 10.8. The average molecular weight is 278 g/mol. The molecule has 0 heterocycles. The molecule has 2 N–H and O–H groups in total. The molecule has 1 aromatic rings. The molecule has 0 saturated carbocycles. The molecular formula is C14H15FN2O3. The van der Waals surface area contributed by atoms with Gasteiger partial charge in [0, 0.05) is 12.0 Å². The first-order chi connectivity index (χ1) is 9.54. The molecule has 0 unspecified atom stereocenters. The average Bonchev–Trinajstić information content (AvgIpc) is 2.41. The number of hydrogen-bond acceptors (Lipinski definition) is 3. The second-order valence-electron chi connectivity index (χ2n) is 4.28. The van der Waals surface area contributed by atoms with Gasteiger partial charge in [0.2, 0.25) is 0 Å². The van der Waals surface area contributed by atoms with Crippen molar-refractivity contribution >= 4 is 11.9 Å². The number of nitrogens with zero attached hydrogens (tertiary/aromatic N) is 1. The Morgan fingerprint density at radius 1 is 1.40 bits per heavy atom. The Balaban J connectivity index is 2.59. The molecule has 1 atom stereocenters. The Hall–Kier alpha value is -2.42. The van der Waals surface area contributed by atoms with Gasteiger partial charge in [0.1, 0.15) is 11.9 Å². The number of carbonyl (C=O) groups is 2. The number of hydrogen-bond donors (Lipinski definition) is 2. The summed E-state index contributed by atoms with van der Waals surface area (Å²) in [6, 6.07) is 5.97. The minimum Gasteiger partial charge on any atom is -0.480 e. The van der Waals surface area contributed by atoms with E-state index in [0.717, 1.165) is 6.07 Å². The van der Waals surface area contributed by atoms with E-state index >= 15 is 0 Å². The van der Waals surface area contributed by atoms with Gasteiger partial charge in [-0.25, -0.2) is 9.18 Å². The van der Waals surface area contributed by atoms with E-state index in [0.29, 0.717) is 19.3 Å². The molecule has 0 aromatic heterocycles. The summed E-state index contributed by atoms with van der Waals surface area (Å²) < 4.78 is 13.0. The summed E-state index contributed by atoms with van der Waals surface area (Å²) in [4.78, 5) is 22.9. The largest absolute Gasteiger partial charge is 0.480 e. The highest BCUT2D eigenvalue weighted by atomic mass is 19.1. The van der Waals surface area contributed by atoms with Gasteiger partial charge in [-0.05, 0) is 37.5 Å². The monoisotopic (exact) mass is 278 g/mol. The minimum atomic E-state index is -1.15. The van der Waals surface area contributed by atoms with Crippen LogP contribution in [0, 0.1) is 17.1 Å². The number of unbranched alkanes of at least 4 members (excludes halogenated alkanes) is 2. The Bertz CT molecular complexity index is 525. The fourth-order valence-corrected chi connectivity index (χ4v) is 1.68. The second-order valence-corrected chi connectivity index (χ2v) is 4.28. The van der Waals surface area contributed by atoms with Crippen molar-refractivity contribution < 1.29 is 19.1 Å². The lowest BCUT2D eigenvalue weighted by Gasteiger charge is -2.14. The van der Waals surface area contributed by atoms with Crippen molar-refractivity contribution in [2.75, 3.05) is 0 Å². The van der Waals surface area contributed by atoms with Crippen LogP contribution in [0.15, 0.2) is 24.3 Å². The van der Waals surface area contributed by atoms with Gasteiger partial charge in [-0.15, -0.1) is 0 Å². The molecule has 0 spiro atoms. The highest BCUT2D eigenvalue weighted by Crippen LogP contribution is 2.07. The number of rotatable bonds is 7. The Labute approximate surface area is 116 Å². The predicted molar refractivity (Wildman–Crippen MR) is 69.4 cm³/mol. The molecule has 0 aliphatic rings. The van der Waals surface area contributed by atoms with E-state index in [4.69, 9.17) is 10.4 Å². The summed E-state index contributed by atoms with van der Waals surface area (Å²) in [5.74, 6) is -2.33. The highest BCUT2D eigenvalue weighted by Gasteiger charge is 2.20. The SMILES string of the molecule is N#CCCCC[C@@H](NC(=O)c1cccc(F)c1)C(=O)O. The first-order valence-corrected chi connectivity index (χ1v) is 6.20. The fraction of sp³-hybridized carbons (Fsp3) is 0.357.